The Morgan fingerprint density at radius 2 is 1.65 bits per heavy atom. The number of nitrogens with one attached hydrogen (secondary N) is 1. The van der Waals surface area contributed by atoms with Gasteiger partial charge in [-0.15, -0.1) is 0 Å². The number of aryl methyl sites for hydroxylation is 2. The molecule has 0 aromatic heterocycles. The van der Waals surface area contributed by atoms with Gasteiger partial charge in [0.15, 0.2) is 23.0 Å². The van der Waals surface area contributed by atoms with Gasteiger partial charge in [0.2, 0.25) is 0 Å². The number of rotatable bonds is 12. The summed E-state index contributed by atoms with van der Waals surface area (Å²) in [5.41, 5.74) is 4.96. The molecule has 220 valence electrons. The molecule has 0 unspecified atom stereocenters. The van der Waals surface area contributed by atoms with Gasteiger partial charge in [0.25, 0.3) is 5.91 Å². The number of carbonyl (C=O) groups is 1. The summed E-state index contributed by atoms with van der Waals surface area (Å²) in [6.45, 7) is 6.68. The van der Waals surface area contributed by atoms with Gasteiger partial charge in [0, 0.05) is 5.69 Å². The van der Waals surface area contributed by atoms with Crippen LogP contribution in [-0.4, -0.2) is 19.6 Å². The van der Waals surface area contributed by atoms with Gasteiger partial charge in [-0.2, -0.15) is 5.26 Å². The van der Waals surface area contributed by atoms with Crippen molar-refractivity contribution in [3.8, 4) is 29.1 Å². The Balaban J connectivity index is 1.50. The lowest BCUT2D eigenvalue weighted by molar-refractivity contribution is -0.112. The molecule has 4 rings (SSSR count). The van der Waals surface area contributed by atoms with Crippen molar-refractivity contribution in [2.75, 3.05) is 19.0 Å². The number of methoxy groups -OCH3 is 1. The maximum absolute atomic E-state index is 12.9. The van der Waals surface area contributed by atoms with Gasteiger partial charge in [-0.1, -0.05) is 65.7 Å². The average Bonchev–Trinajstić information content (AvgIpc) is 3.00. The van der Waals surface area contributed by atoms with Crippen LogP contribution in [0.5, 0.6) is 23.0 Å². The van der Waals surface area contributed by atoms with Crippen LogP contribution in [0.25, 0.3) is 6.08 Å². The van der Waals surface area contributed by atoms with E-state index in [1.807, 2.05) is 93.6 Å². The molecule has 0 bridgehead atoms. The van der Waals surface area contributed by atoms with E-state index in [1.165, 1.54) is 6.08 Å². The normalized spacial score (nSPS) is 10.9. The number of hydrogen-bond donors (Lipinski definition) is 1. The zero-order valence-electron chi connectivity index (χ0n) is 24.6. The summed E-state index contributed by atoms with van der Waals surface area (Å²) in [4.78, 5) is 12.9. The van der Waals surface area contributed by atoms with Crippen LogP contribution < -0.4 is 24.3 Å². The average molecular weight is 597 g/mol. The van der Waals surface area contributed by atoms with Crippen molar-refractivity contribution >= 4 is 29.3 Å². The Labute approximate surface area is 257 Å². The molecule has 0 atom stereocenters. The molecule has 0 heterocycles. The molecular weight excluding hydrogens is 564 g/mol. The fourth-order valence-corrected chi connectivity index (χ4v) is 4.62. The number of ether oxygens (including phenoxy) is 4. The number of nitriles is 1. The van der Waals surface area contributed by atoms with Gasteiger partial charge >= 0.3 is 0 Å². The molecule has 0 fully saturated rings. The van der Waals surface area contributed by atoms with E-state index < -0.39 is 5.91 Å². The van der Waals surface area contributed by atoms with Crippen molar-refractivity contribution in [3.05, 3.63) is 117 Å². The van der Waals surface area contributed by atoms with Gasteiger partial charge in [0.05, 0.1) is 18.7 Å². The minimum atomic E-state index is -0.519. The third kappa shape index (κ3) is 8.31. The Kier molecular flexibility index (Phi) is 10.7. The molecule has 43 heavy (non-hydrogen) atoms. The molecule has 0 aliphatic heterocycles. The standard InChI is InChI=1S/C35H33ClN2O5/c1-5-41-33-19-27(16-28(20-37)35(39)38-30-13-11-23(2)15-24(30)3)17-29(36)34(33)43-22-26-12-14-31(32(18-26)40-4)42-21-25-9-7-6-8-10-25/h6-19H,5,21-22H2,1-4H3,(H,38,39)/b28-16+. The van der Waals surface area contributed by atoms with Crippen molar-refractivity contribution in [1.82, 2.24) is 0 Å². The van der Waals surface area contributed by atoms with Gasteiger partial charge in [-0.05, 0) is 79.4 Å². The first-order chi connectivity index (χ1) is 20.8. The number of carbonyl (C=O) groups excluding carboxylic acids is 1. The summed E-state index contributed by atoms with van der Waals surface area (Å²) < 4.78 is 23.4. The van der Waals surface area contributed by atoms with Crippen LogP contribution in [0.1, 0.15) is 34.7 Å². The summed E-state index contributed by atoms with van der Waals surface area (Å²) in [5.74, 6) is 1.42. The maximum Gasteiger partial charge on any atom is 0.266 e. The fraction of sp³-hybridized carbons (Fsp3) is 0.200. The van der Waals surface area contributed by atoms with Crippen molar-refractivity contribution in [3.63, 3.8) is 0 Å². The van der Waals surface area contributed by atoms with Crippen molar-refractivity contribution < 1.29 is 23.7 Å². The highest BCUT2D eigenvalue weighted by molar-refractivity contribution is 6.32. The van der Waals surface area contributed by atoms with Crippen LogP contribution in [0.3, 0.4) is 0 Å². The first-order valence-corrected chi connectivity index (χ1v) is 14.1. The van der Waals surface area contributed by atoms with Crippen molar-refractivity contribution in [1.29, 1.82) is 5.26 Å². The summed E-state index contributed by atoms with van der Waals surface area (Å²) in [6, 6.07) is 26.4. The van der Waals surface area contributed by atoms with E-state index >= 15 is 0 Å². The molecule has 8 heteroatoms. The molecule has 1 amide bonds. The molecule has 0 aliphatic rings. The highest BCUT2D eigenvalue weighted by atomic mass is 35.5. The van der Waals surface area contributed by atoms with E-state index in [2.05, 4.69) is 5.32 Å². The Morgan fingerprint density at radius 1 is 0.884 bits per heavy atom. The van der Waals surface area contributed by atoms with E-state index in [1.54, 1.807) is 19.2 Å². The van der Waals surface area contributed by atoms with Crippen LogP contribution >= 0.6 is 11.6 Å². The molecule has 0 saturated carbocycles. The number of hydrogen-bond acceptors (Lipinski definition) is 6. The summed E-state index contributed by atoms with van der Waals surface area (Å²) >= 11 is 6.63. The van der Waals surface area contributed by atoms with Gasteiger partial charge in [0.1, 0.15) is 24.9 Å². The van der Waals surface area contributed by atoms with E-state index in [-0.39, 0.29) is 17.2 Å². The van der Waals surface area contributed by atoms with Crippen LogP contribution in [0.15, 0.2) is 84.4 Å². The highest BCUT2D eigenvalue weighted by Gasteiger charge is 2.16. The third-order valence-corrected chi connectivity index (χ3v) is 6.77. The summed E-state index contributed by atoms with van der Waals surface area (Å²) in [6.07, 6.45) is 1.47. The molecule has 0 saturated heterocycles. The minimum absolute atomic E-state index is 0.0752. The van der Waals surface area contributed by atoms with E-state index in [0.717, 1.165) is 22.3 Å². The third-order valence-electron chi connectivity index (χ3n) is 6.49. The molecule has 0 spiro atoms. The van der Waals surface area contributed by atoms with Crippen LogP contribution in [0.2, 0.25) is 5.02 Å². The lowest BCUT2D eigenvalue weighted by atomic mass is 10.1. The molecule has 4 aromatic carbocycles. The Bertz CT molecular complexity index is 1660. The monoisotopic (exact) mass is 596 g/mol. The zero-order valence-corrected chi connectivity index (χ0v) is 25.3. The number of benzene rings is 4. The molecule has 4 aromatic rings. The smallest absolute Gasteiger partial charge is 0.266 e. The van der Waals surface area contributed by atoms with Crippen LogP contribution in [0, 0.1) is 25.2 Å². The van der Waals surface area contributed by atoms with Gasteiger partial charge < -0.3 is 24.3 Å². The van der Waals surface area contributed by atoms with Crippen LogP contribution in [-0.2, 0) is 18.0 Å². The quantitative estimate of drug-likeness (QED) is 0.131. The van der Waals surface area contributed by atoms with Gasteiger partial charge in [-0.25, -0.2) is 0 Å². The molecule has 7 nitrogen and oxygen atoms in total. The van der Waals surface area contributed by atoms with E-state index in [9.17, 15) is 10.1 Å². The number of nitrogens with zero attached hydrogens (tertiary/aromatic N) is 1. The zero-order chi connectivity index (χ0) is 30.8. The SMILES string of the molecule is CCOc1cc(/C=C(\C#N)C(=O)Nc2ccc(C)cc2C)cc(Cl)c1OCc1ccc(OCc2ccccc2)c(OC)c1. The number of halogens is 1. The van der Waals surface area contributed by atoms with Crippen LogP contribution in [0.4, 0.5) is 5.69 Å². The Morgan fingerprint density at radius 3 is 2.35 bits per heavy atom. The minimum Gasteiger partial charge on any atom is -0.493 e. The predicted molar refractivity (Wildman–Crippen MR) is 169 cm³/mol. The number of amides is 1. The first-order valence-electron chi connectivity index (χ1n) is 13.7. The second-order valence-corrected chi connectivity index (χ2v) is 10.2. The topological polar surface area (TPSA) is 89.8 Å². The van der Waals surface area contributed by atoms with Gasteiger partial charge in [-0.3, -0.25) is 4.79 Å². The number of anilines is 1. The summed E-state index contributed by atoms with van der Waals surface area (Å²) in [5, 5.41) is 12.8. The lowest BCUT2D eigenvalue weighted by Crippen LogP contribution is -2.14. The predicted octanol–water partition coefficient (Wildman–Crippen LogP) is 8.07. The summed E-state index contributed by atoms with van der Waals surface area (Å²) in [7, 11) is 1.59. The molecule has 1 N–H and O–H groups in total. The largest absolute Gasteiger partial charge is 0.493 e. The fourth-order valence-electron chi connectivity index (χ4n) is 4.34. The Hall–Kier alpha value is -4.93. The van der Waals surface area contributed by atoms with E-state index in [0.29, 0.717) is 47.5 Å². The van der Waals surface area contributed by atoms with Crippen molar-refractivity contribution in [2.24, 2.45) is 0 Å². The molecular formula is C35H33ClN2O5. The maximum atomic E-state index is 12.9. The van der Waals surface area contributed by atoms with E-state index in [4.69, 9.17) is 30.5 Å². The second kappa shape index (κ2) is 14.8. The van der Waals surface area contributed by atoms with Crippen molar-refractivity contribution in [2.45, 2.75) is 34.0 Å². The first kappa shape index (κ1) is 31.0. The molecule has 0 aliphatic carbocycles. The lowest BCUT2D eigenvalue weighted by Gasteiger charge is -2.16. The second-order valence-electron chi connectivity index (χ2n) is 9.75. The molecule has 0 radical (unpaired) electrons. The highest BCUT2D eigenvalue weighted by Crippen LogP contribution is 2.38.